The fraction of sp³-hybridized carbons (Fsp3) is 0.588. The molecule has 2 N–H and O–H groups in total. The van der Waals surface area contributed by atoms with E-state index in [1.807, 2.05) is 18.2 Å². The van der Waals surface area contributed by atoms with Crippen LogP contribution in [-0.4, -0.2) is 25.7 Å². The molecule has 2 rings (SSSR count). The van der Waals surface area contributed by atoms with E-state index in [9.17, 15) is 0 Å². The Kier molecular flexibility index (Phi) is 8.60. The summed E-state index contributed by atoms with van der Waals surface area (Å²) in [6.07, 6.45) is 3.69. The monoisotopic (exact) mass is 417 g/mol. The summed E-state index contributed by atoms with van der Waals surface area (Å²) in [6, 6.07) is 8.64. The minimum absolute atomic E-state index is 0. The molecule has 124 valence electrons. The fourth-order valence-electron chi connectivity index (χ4n) is 1.99. The molecule has 0 radical (unpaired) electrons. The van der Waals surface area contributed by atoms with Crippen molar-refractivity contribution in [1.82, 2.24) is 10.6 Å². The maximum atomic E-state index is 5.93. The summed E-state index contributed by atoms with van der Waals surface area (Å²) in [6.45, 7) is 5.87. The molecule has 1 aromatic carbocycles. The summed E-state index contributed by atoms with van der Waals surface area (Å²) >= 11 is 0. The third-order valence-electron chi connectivity index (χ3n) is 3.81. The number of guanidine groups is 1. The van der Waals surface area contributed by atoms with E-state index in [2.05, 4.69) is 35.5 Å². The Labute approximate surface area is 151 Å². The summed E-state index contributed by atoms with van der Waals surface area (Å²) < 4.78 is 5.93. The highest BCUT2D eigenvalue weighted by molar-refractivity contribution is 14.0. The van der Waals surface area contributed by atoms with Crippen LogP contribution in [0.2, 0.25) is 0 Å². The van der Waals surface area contributed by atoms with Crippen molar-refractivity contribution >= 4 is 29.9 Å². The number of benzene rings is 1. The number of para-hydroxylation sites is 1. The predicted molar refractivity (Wildman–Crippen MR) is 103 cm³/mol. The molecule has 0 spiro atoms. The summed E-state index contributed by atoms with van der Waals surface area (Å²) in [4.78, 5) is 4.26. The van der Waals surface area contributed by atoms with Gasteiger partial charge in [0.1, 0.15) is 5.75 Å². The quantitative estimate of drug-likeness (QED) is 0.405. The van der Waals surface area contributed by atoms with Crippen molar-refractivity contribution in [1.29, 1.82) is 0 Å². The van der Waals surface area contributed by atoms with Crippen molar-refractivity contribution < 1.29 is 4.74 Å². The van der Waals surface area contributed by atoms with E-state index in [1.165, 1.54) is 18.4 Å². The molecule has 1 aliphatic carbocycles. The average Bonchev–Trinajstić information content (AvgIpc) is 3.34. The number of hydrogen-bond acceptors (Lipinski definition) is 2. The van der Waals surface area contributed by atoms with Crippen LogP contribution < -0.4 is 15.4 Å². The molecular formula is C17H28IN3O. The third-order valence-corrected chi connectivity index (χ3v) is 3.81. The SMILES string of the molecule is CCC(C)NC(=NC)NCc1ccccc1OCC1CC1.I. The first-order valence-corrected chi connectivity index (χ1v) is 7.90. The highest BCUT2D eigenvalue weighted by Crippen LogP contribution is 2.30. The van der Waals surface area contributed by atoms with Gasteiger partial charge in [0.2, 0.25) is 0 Å². The first-order chi connectivity index (χ1) is 10.2. The summed E-state index contributed by atoms with van der Waals surface area (Å²) in [5.41, 5.74) is 1.17. The van der Waals surface area contributed by atoms with Gasteiger partial charge in [0.25, 0.3) is 0 Å². The number of nitrogens with one attached hydrogen (secondary N) is 2. The first kappa shape index (κ1) is 19.1. The van der Waals surface area contributed by atoms with Gasteiger partial charge in [-0.05, 0) is 38.2 Å². The van der Waals surface area contributed by atoms with Crippen LogP contribution in [0.3, 0.4) is 0 Å². The van der Waals surface area contributed by atoms with Crippen molar-refractivity contribution in [2.75, 3.05) is 13.7 Å². The van der Waals surface area contributed by atoms with Crippen LogP contribution >= 0.6 is 24.0 Å². The van der Waals surface area contributed by atoms with E-state index in [0.717, 1.165) is 37.2 Å². The van der Waals surface area contributed by atoms with Crippen molar-refractivity contribution in [3.63, 3.8) is 0 Å². The van der Waals surface area contributed by atoms with Crippen LogP contribution in [-0.2, 0) is 6.54 Å². The van der Waals surface area contributed by atoms with E-state index < -0.39 is 0 Å². The van der Waals surface area contributed by atoms with Crippen LogP contribution in [0.25, 0.3) is 0 Å². The molecule has 0 aliphatic heterocycles. The molecule has 0 amide bonds. The highest BCUT2D eigenvalue weighted by atomic mass is 127. The second-order valence-corrected chi connectivity index (χ2v) is 5.74. The van der Waals surface area contributed by atoms with Gasteiger partial charge >= 0.3 is 0 Å². The summed E-state index contributed by atoms with van der Waals surface area (Å²) in [5.74, 6) is 2.59. The van der Waals surface area contributed by atoms with E-state index in [0.29, 0.717) is 6.04 Å². The van der Waals surface area contributed by atoms with Gasteiger partial charge in [-0.3, -0.25) is 4.99 Å². The van der Waals surface area contributed by atoms with Crippen LogP contribution in [0.5, 0.6) is 5.75 Å². The lowest BCUT2D eigenvalue weighted by Gasteiger charge is -2.17. The number of ether oxygens (including phenoxy) is 1. The van der Waals surface area contributed by atoms with E-state index >= 15 is 0 Å². The molecule has 0 saturated heterocycles. The molecular weight excluding hydrogens is 389 g/mol. The Bertz CT molecular complexity index is 475. The van der Waals surface area contributed by atoms with Crippen LogP contribution in [0.4, 0.5) is 0 Å². The Morgan fingerprint density at radius 1 is 1.36 bits per heavy atom. The fourth-order valence-corrected chi connectivity index (χ4v) is 1.99. The van der Waals surface area contributed by atoms with Gasteiger partial charge in [0.15, 0.2) is 5.96 Å². The van der Waals surface area contributed by atoms with Crippen LogP contribution in [0, 0.1) is 5.92 Å². The Morgan fingerprint density at radius 2 is 2.09 bits per heavy atom. The zero-order valence-corrected chi connectivity index (χ0v) is 16.1. The molecule has 5 heteroatoms. The van der Waals surface area contributed by atoms with Crippen LogP contribution in [0.15, 0.2) is 29.3 Å². The topological polar surface area (TPSA) is 45.7 Å². The Balaban J connectivity index is 0.00000242. The van der Waals surface area contributed by atoms with Gasteiger partial charge in [0.05, 0.1) is 6.61 Å². The molecule has 4 nitrogen and oxygen atoms in total. The summed E-state index contributed by atoms with van der Waals surface area (Å²) in [7, 11) is 1.80. The van der Waals surface area contributed by atoms with Gasteiger partial charge < -0.3 is 15.4 Å². The number of rotatable bonds is 7. The molecule has 1 saturated carbocycles. The number of halogens is 1. The maximum Gasteiger partial charge on any atom is 0.191 e. The van der Waals surface area contributed by atoms with Gasteiger partial charge in [0, 0.05) is 25.2 Å². The van der Waals surface area contributed by atoms with E-state index in [1.54, 1.807) is 7.05 Å². The minimum Gasteiger partial charge on any atom is -0.493 e. The molecule has 0 bridgehead atoms. The van der Waals surface area contributed by atoms with Crippen LogP contribution in [0.1, 0.15) is 38.7 Å². The molecule has 1 fully saturated rings. The second kappa shape index (κ2) is 9.92. The predicted octanol–water partition coefficient (Wildman–Crippen LogP) is 3.56. The first-order valence-electron chi connectivity index (χ1n) is 7.90. The Morgan fingerprint density at radius 3 is 2.73 bits per heavy atom. The maximum absolute atomic E-state index is 5.93. The number of aliphatic imine (C=N–C) groups is 1. The van der Waals surface area contributed by atoms with Crippen molar-refractivity contribution in [3.8, 4) is 5.75 Å². The van der Waals surface area contributed by atoms with E-state index in [4.69, 9.17) is 4.74 Å². The van der Waals surface area contributed by atoms with Gasteiger partial charge in [-0.15, -0.1) is 24.0 Å². The zero-order chi connectivity index (χ0) is 15.1. The Hall–Kier alpha value is -0.980. The largest absolute Gasteiger partial charge is 0.493 e. The second-order valence-electron chi connectivity index (χ2n) is 5.74. The normalized spacial score (nSPS) is 15.7. The molecule has 22 heavy (non-hydrogen) atoms. The molecule has 0 aromatic heterocycles. The molecule has 1 aliphatic rings. The number of hydrogen-bond donors (Lipinski definition) is 2. The minimum atomic E-state index is 0. The lowest BCUT2D eigenvalue weighted by Crippen LogP contribution is -2.41. The van der Waals surface area contributed by atoms with Crippen molar-refractivity contribution in [2.45, 2.75) is 45.7 Å². The lowest BCUT2D eigenvalue weighted by molar-refractivity contribution is 0.296. The number of nitrogens with zero attached hydrogens (tertiary/aromatic N) is 1. The van der Waals surface area contributed by atoms with Gasteiger partial charge in [-0.1, -0.05) is 25.1 Å². The smallest absolute Gasteiger partial charge is 0.191 e. The molecule has 0 heterocycles. The standard InChI is InChI=1S/C17H27N3O.HI/c1-4-13(2)20-17(18-3)19-11-15-7-5-6-8-16(15)21-12-14-9-10-14;/h5-8,13-14H,4,9-12H2,1-3H3,(H2,18,19,20);1H. The lowest BCUT2D eigenvalue weighted by atomic mass is 10.2. The molecule has 1 unspecified atom stereocenters. The molecule has 1 aromatic rings. The van der Waals surface area contributed by atoms with E-state index in [-0.39, 0.29) is 24.0 Å². The summed E-state index contributed by atoms with van der Waals surface area (Å²) in [5, 5.41) is 6.72. The van der Waals surface area contributed by atoms with Gasteiger partial charge in [-0.25, -0.2) is 0 Å². The zero-order valence-electron chi connectivity index (χ0n) is 13.8. The molecule has 1 atom stereocenters. The van der Waals surface area contributed by atoms with Gasteiger partial charge in [-0.2, -0.15) is 0 Å². The average molecular weight is 417 g/mol. The van der Waals surface area contributed by atoms with Crippen molar-refractivity contribution in [2.24, 2.45) is 10.9 Å². The van der Waals surface area contributed by atoms with Crippen molar-refractivity contribution in [3.05, 3.63) is 29.8 Å². The highest BCUT2D eigenvalue weighted by Gasteiger charge is 2.22. The third kappa shape index (κ3) is 6.42.